The monoisotopic (exact) mass is 399 g/mol. The first-order valence-corrected chi connectivity index (χ1v) is 9.44. The number of H-pyrrole nitrogens is 2. The van der Waals surface area contributed by atoms with Gasteiger partial charge in [-0.2, -0.15) is 0 Å². The fourth-order valence-corrected chi connectivity index (χ4v) is 3.36. The Morgan fingerprint density at radius 1 is 1.28 bits per heavy atom. The molecule has 4 N–H and O–H groups in total. The molecule has 9 heteroatoms. The fourth-order valence-electron chi connectivity index (χ4n) is 3.36. The molecular weight excluding hydrogens is 374 g/mol. The van der Waals surface area contributed by atoms with E-state index in [0.29, 0.717) is 13.0 Å². The molecule has 0 aliphatic rings. The average Bonchev–Trinajstić information content (AvgIpc) is 3.10. The van der Waals surface area contributed by atoms with E-state index in [-0.39, 0.29) is 37.0 Å². The van der Waals surface area contributed by atoms with Gasteiger partial charge in [0.1, 0.15) is 5.82 Å². The SMILES string of the molecule is CCCn1c(N)c(N(CCOC)C(=O)Cc2c[nH]c3ccccc23)c(=O)[nH]c1=O. The number of aromatic nitrogens is 3. The number of methoxy groups -OCH3 is 1. The molecule has 0 aliphatic carbocycles. The van der Waals surface area contributed by atoms with E-state index in [1.54, 1.807) is 6.20 Å². The van der Waals surface area contributed by atoms with E-state index in [1.165, 1.54) is 16.6 Å². The van der Waals surface area contributed by atoms with E-state index < -0.39 is 11.2 Å². The van der Waals surface area contributed by atoms with Crippen LogP contribution in [0.3, 0.4) is 0 Å². The van der Waals surface area contributed by atoms with Gasteiger partial charge in [-0.25, -0.2) is 4.79 Å². The smallest absolute Gasteiger partial charge is 0.330 e. The lowest BCUT2D eigenvalue weighted by atomic mass is 10.1. The van der Waals surface area contributed by atoms with Gasteiger partial charge < -0.3 is 20.4 Å². The zero-order valence-corrected chi connectivity index (χ0v) is 16.5. The highest BCUT2D eigenvalue weighted by atomic mass is 16.5. The van der Waals surface area contributed by atoms with Gasteiger partial charge in [-0.05, 0) is 18.1 Å². The molecule has 0 atom stereocenters. The van der Waals surface area contributed by atoms with Crippen LogP contribution in [0.2, 0.25) is 0 Å². The van der Waals surface area contributed by atoms with Crippen LogP contribution in [0.1, 0.15) is 18.9 Å². The minimum absolute atomic E-state index is 0.0241. The van der Waals surface area contributed by atoms with Gasteiger partial charge in [0.05, 0.1) is 13.0 Å². The summed E-state index contributed by atoms with van der Waals surface area (Å²) in [5.74, 6) is -0.338. The molecule has 154 valence electrons. The summed E-state index contributed by atoms with van der Waals surface area (Å²) >= 11 is 0. The number of nitrogens with one attached hydrogen (secondary N) is 2. The van der Waals surface area contributed by atoms with Gasteiger partial charge in [0, 0.05) is 37.3 Å². The molecule has 2 heterocycles. The Labute approximate surface area is 167 Å². The van der Waals surface area contributed by atoms with Crippen molar-refractivity contribution in [1.29, 1.82) is 0 Å². The second kappa shape index (κ2) is 8.78. The number of ether oxygens (including phenoxy) is 1. The molecule has 2 aromatic heterocycles. The Bertz CT molecular complexity index is 1130. The lowest BCUT2D eigenvalue weighted by molar-refractivity contribution is -0.118. The largest absolute Gasteiger partial charge is 0.383 e. The topological polar surface area (TPSA) is 126 Å². The third kappa shape index (κ3) is 4.09. The number of rotatable bonds is 8. The van der Waals surface area contributed by atoms with Gasteiger partial charge in [0.25, 0.3) is 5.56 Å². The second-order valence-electron chi connectivity index (χ2n) is 6.72. The zero-order chi connectivity index (χ0) is 21.0. The van der Waals surface area contributed by atoms with Crippen molar-refractivity contribution < 1.29 is 9.53 Å². The summed E-state index contributed by atoms with van der Waals surface area (Å²) in [6.45, 7) is 2.57. The first-order valence-electron chi connectivity index (χ1n) is 9.44. The van der Waals surface area contributed by atoms with E-state index in [0.717, 1.165) is 16.5 Å². The minimum atomic E-state index is -0.691. The van der Waals surface area contributed by atoms with Crippen LogP contribution in [0.5, 0.6) is 0 Å². The molecule has 0 fully saturated rings. The number of aromatic amines is 2. The Hall–Kier alpha value is -3.33. The first-order chi connectivity index (χ1) is 14.0. The molecule has 9 nitrogen and oxygen atoms in total. The molecule has 0 spiro atoms. The van der Waals surface area contributed by atoms with E-state index in [1.807, 2.05) is 31.2 Å². The van der Waals surface area contributed by atoms with Crippen LogP contribution in [0.4, 0.5) is 11.5 Å². The summed E-state index contributed by atoms with van der Waals surface area (Å²) in [5.41, 5.74) is 6.57. The van der Waals surface area contributed by atoms with Crippen molar-refractivity contribution >= 4 is 28.3 Å². The van der Waals surface area contributed by atoms with Crippen LogP contribution in [0, 0.1) is 0 Å². The van der Waals surface area contributed by atoms with Crippen molar-refractivity contribution in [1.82, 2.24) is 14.5 Å². The number of nitrogens with two attached hydrogens (primary N) is 1. The highest BCUT2D eigenvalue weighted by molar-refractivity contribution is 5.99. The molecule has 1 amide bonds. The van der Waals surface area contributed by atoms with Crippen molar-refractivity contribution in [3.8, 4) is 0 Å². The number of nitrogen functional groups attached to an aromatic ring is 1. The molecule has 1 aromatic carbocycles. The highest BCUT2D eigenvalue weighted by Crippen LogP contribution is 2.22. The van der Waals surface area contributed by atoms with Crippen LogP contribution < -0.4 is 21.9 Å². The van der Waals surface area contributed by atoms with Crippen molar-refractivity contribution in [2.75, 3.05) is 30.9 Å². The average molecular weight is 399 g/mol. The second-order valence-corrected chi connectivity index (χ2v) is 6.72. The normalized spacial score (nSPS) is 11.1. The van der Waals surface area contributed by atoms with E-state index in [2.05, 4.69) is 9.97 Å². The predicted octanol–water partition coefficient (Wildman–Crippen LogP) is 1.23. The number of anilines is 2. The van der Waals surface area contributed by atoms with Crippen molar-refractivity contribution in [3.63, 3.8) is 0 Å². The molecule has 0 radical (unpaired) electrons. The molecule has 0 bridgehead atoms. The molecule has 29 heavy (non-hydrogen) atoms. The number of amides is 1. The molecule has 0 saturated carbocycles. The predicted molar refractivity (Wildman–Crippen MR) is 112 cm³/mol. The maximum absolute atomic E-state index is 13.2. The molecule has 3 aromatic rings. The van der Waals surface area contributed by atoms with Crippen LogP contribution in [0.15, 0.2) is 40.1 Å². The zero-order valence-electron chi connectivity index (χ0n) is 16.5. The summed E-state index contributed by atoms with van der Waals surface area (Å²) in [7, 11) is 1.51. The minimum Gasteiger partial charge on any atom is -0.383 e. The molecular formula is C20H25N5O4. The Morgan fingerprint density at radius 3 is 2.76 bits per heavy atom. The maximum atomic E-state index is 13.2. The van der Waals surface area contributed by atoms with Crippen molar-refractivity contribution in [2.45, 2.75) is 26.3 Å². The number of benzene rings is 1. The Balaban J connectivity index is 2.02. The van der Waals surface area contributed by atoms with Gasteiger partial charge in [-0.3, -0.25) is 19.1 Å². The standard InChI is InChI=1S/C20H25N5O4/c1-3-8-25-18(21)17(19(27)23-20(25)28)24(9-10-29-2)16(26)11-13-12-22-15-7-5-4-6-14(13)15/h4-7,12,22H,3,8-11,21H2,1-2H3,(H,23,27,28). The van der Waals surface area contributed by atoms with E-state index >= 15 is 0 Å². The van der Waals surface area contributed by atoms with E-state index in [4.69, 9.17) is 10.5 Å². The molecule has 0 unspecified atom stereocenters. The Kier molecular flexibility index (Phi) is 6.18. The van der Waals surface area contributed by atoms with Crippen LogP contribution in [0.25, 0.3) is 10.9 Å². The van der Waals surface area contributed by atoms with Crippen LogP contribution >= 0.6 is 0 Å². The number of hydrogen-bond donors (Lipinski definition) is 3. The molecule has 3 rings (SSSR count). The summed E-state index contributed by atoms with van der Waals surface area (Å²) in [6.07, 6.45) is 2.50. The van der Waals surface area contributed by atoms with Crippen molar-refractivity contribution in [2.24, 2.45) is 0 Å². The highest BCUT2D eigenvalue weighted by Gasteiger charge is 2.24. The summed E-state index contributed by atoms with van der Waals surface area (Å²) in [4.78, 5) is 44.5. The van der Waals surface area contributed by atoms with E-state index in [9.17, 15) is 14.4 Å². The fraction of sp³-hybridized carbons (Fsp3) is 0.350. The van der Waals surface area contributed by atoms with Gasteiger partial charge in [-0.1, -0.05) is 25.1 Å². The number of fused-ring (bicyclic) bond motifs is 1. The lowest BCUT2D eigenvalue weighted by Gasteiger charge is -2.24. The third-order valence-electron chi connectivity index (χ3n) is 4.77. The lowest BCUT2D eigenvalue weighted by Crippen LogP contribution is -2.43. The maximum Gasteiger partial charge on any atom is 0.330 e. The van der Waals surface area contributed by atoms with Crippen LogP contribution in [-0.2, 0) is 22.5 Å². The molecule has 0 aliphatic heterocycles. The van der Waals surface area contributed by atoms with Gasteiger partial charge in [0.15, 0.2) is 5.69 Å². The number of carbonyl (C=O) groups excluding carboxylic acids is 1. The van der Waals surface area contributed by atoms with Gasteiger partial charge >= 0.3 is 5.69 Å². The summed E-state index contributed by atoms with van der Waals surface area (Å²) in [6, 6.07) is 7.66. The summed E-state index contributed by atoms with van der Waals surface area (Å²) in [5, 5.41) is 0.936. The van der Waals surface area contributed by atoms with Gasteiger partial charge in [0.2, 0.25) is 5.91 Å². The Morgan fingerprint density at radius 2 is 2.03 bits per heavy atom. The number of hydrogen-bond acceptors (Lipinski definition) is 5. The third-order valence-corrected chi connectivity index (χ3v) is 4.77. The summed E-state index contributed by atoms with van der Waals surface area (Å²) < 4.78 is 6.38. The van der Waals surface area contributed by atoms with Gasteiger partial charge in [-0.15, -0.1) is 0 Å². The quantitative estimate of drug-likeness (QED) is 0.525. The number of para-hydroxylation sites is 1. The number of nitrogens with zero attached hydrogens (tertiary/aromatic N) is 2. The van der Waals surface area contributed by atoms with Crippen LogP contribution in [-0.4, -0.2) is 40.7 Å². The molecule has 0 saturated heterocycles. The first kappa shape index (κ1) is 20.4. The number of carbonyl (C=O) groups is 1. The van der Waals surface area contributed by atoms with Crippen molar-refractivity contribution in [3.05, 3.63) is 56.9 Å².